The second-order valence-corrected chi connectivity index (χ2v) is 4.69. The van der Waals surface area contributed by atoms with E-state index in [1.165, 1.54) is 6.07 Å². The summed E-state index contributed by atoms with van der Waals surface area (Å²) in [5.41, 5.74) is 6.94. The van der Waals surface area contributed by atoms with Crippen molar-refractivity contribution < 1.29 is 9.15 Å². The maximum absolute atomic E-state index is 12.0. The number of benzene rings is 2. The highest BCUT2D eigenvalue weighted by atomic mass is 35.5. The summed E-state index contributed by atoms with van der Waals surface area (Å²) in [4.78, 5) is 12.0. The molecule has 0 aliphatic rings. The molecule has 22 heavy (non-hydrogen) atoms. The minimum Gasteiger partial charge on any atom is -0.485 e. The molecule has 3 aromatic rings. The molecular formula is C17H16ClNO3. The first kappa shape index (κ1) is 16.1. The second kappa shape index (κ2) is 7.11. The van der Waals surface area contributed by atoms with Crippen molar-refractivity contribution in [2.24, 2.45) is 5.73 Å². The molecule has 114 valence electrons. The number of halogens is 1. The van der Waals surface area contributed by atoms with Crippen LogP contribution in [0, 0.1) is 0 Å². The lowest BCUT2D eigenvalue weighted by molar-refractivity contribution is 0.304. The molecule has 5 heteroatoms. The van der Waals surface area contributed by atoms with Crippen molar-refractivity contribution in [1.29, 1.82) is 0 Å². The third-order valence-electron chi connectivity index (χ3n) is 3.21. The lowest BCUT2D eigenvalue weighted by Gasteiger charge is -2.09. The normalized spacial score (nSPS) is 10.2. The number of hydrogen-bond acceptors (Lipinski definition) is 4. The van der Waals surface area contributed by atoms with Crippen molar-refractivity contribution in [3.63, 3.8) is 0 Å². The number of nitrogens with two attached hydrogens (primary N) is 1. The van der Waals surface area contributed by atoms with E-state index in [9.17, 15) is 4.79 Å². The standard InChI is InChI=1S/C17H15NO3.ClH/c18-10-13-9-15(19)14-7-4-8-16(17(14)21-13)20-11-12-5-2-1-3-6-12;/h1-9H,10-11,18H2;1H. The van der Waals surface area contributed by atoms with E-state index in [4.69, 9.17) is 14.9 Å². The molecule has 0 fully saturated rings. The molecule has 2 N–H and O–H groups in total. The monoisotopic (exact) mass is 317 g/mol. The van der Waals surface area contributed by atoms with Crippen LogP contribution in [-0.2, 0) is 13.2 Å². The quantitative estimate of drug-likeness (QED) is 0.802. The fraction of sp³-hybridized carbons (Fsp3) is 0.118. The van der Waals surface area contributed by atoms with Gasteiger partial charge < -0.3 is 14.9 Å². The summed E-state index contributed by atoms with van der Waals surface area (Å²) in [5, 5.41) is 0.498. The first-order valence-corrected chi connectivity index (χ1v) is 6.70. The zero-order chi connectivity index (χ0) is 14.7. The molecule has 0 saturated heterocycles. The van der Waals surface area contributed by atoms with Crippen molar-refractivity contribution in [2.75, 3.05) is 0 Å². The van der Waals surface area contributed by atoms with Crippen LogP contribution in [-0.4, -0.2) is 0 Å². The van der Waals surface area contributed by atoms with E-state index in [2.05, 4.69) is 0 Å². The Balaban J connectivity index is 0.00000176. The van der Waals surface area contributed by atoms with Crippen LogP contribution in [0.2, 0.25) is 0 Å². The molecule has 2 aromatic carbocycles. The third kappa shape index (κ3) is 3.30. The van der Waals surface area contributed by atoms with E-state index in [-0.39, 0.29) is 24.4 Å². The van der Waals surface area contributed by atoms with Crippen LogP contribution in [0.25, 0.3) is 11.0 Å². The average molecular weight is 318 g/mol. The number of para-hydroxylation sites is 1. The van der Waals surface area contributed by atoms with E-state index in [1.54, 1.807) is 18.2 Å². The second-order valence-electron chi connectivity index (χ2n) is 4.69. The largest absolute Gasteiger partial charge is 0.485 e. The molecule has 0 radical (unpaired) electrons. The van der Waals surface area contributed by atoms with Gasteiger partial charge in [0.2, 0.25) is 0 Å². The predicted molar refractivity (Wildman–Crippen MR) is 88.4 cm³/mol. The first-order valence-electron chi connectivity index (χ1n) is 6.70. The summed E-state index contributed by atoms with van der Waals surface area (Å²) in [6.07, 6.45) is 0. The molecule has 3 rings (SSSR count). The number of hydrogen-bond donors (Lipinski definition) is 1. The molecule has 4 nitrogen and oxygen atoms in total. The van der Waals surface area contributed by atoms with E-state index < -0.39 is 0 Å². The highest BCUT2D eigenvalue weighted by Gasteiger charge is 2.09. The molecule has 1 aromatic heterocycles. The first-order chi connectivity index (χ1) is 10.3. The fourth-order valence-corrected chi connectivity index (χ4v) is 2.15. The highest BCUT2D eigenvalue weighted by Crippen LogP contribution is 2.25. The molecule has 0 aliphatic heterocycles. The molecule has 0 spiro atoms. The zero-order valence-corrected chi connectivity index (χ0v) is 12.6. The molecule has 0 amide bonds. The molecular weight excluding hydrogens is 302 g/mol. The van der Waals surface area contributed by atoms with Gasteiger partial charge in [0.25, 0.3) is 0 Å². The van der Waals surface area contributed by atoms with Gasteiger partial charge in [-0.05, 0) is 17.7 Å². The van der Waals surface area contributed by atoms with Gasteiger partial charge in [-0.1, -0.05) is 36.4 Å². The minimum absolute atomic E-state index is 0. The van der Waals surface area contributed by atoms with Crippen molar-refractivity contribution in [3.8, 4) is 5.75 Å². The Bertz CT molecular complexity index is 815. The van der Waals surface area contributed by atoms with Crippen molar-refractivity contribution in [2.45, 2.75) is 13.2 Å². The van der Waals surface area contributed by atoms with Crippen molar-refractivity contribution in [1.82, 2.24) is 0 Å². The van der Waals surface area contributed by atoms with Gasteiger partial charge in [-0.25, -0.2) is 0 Å². The third-order valence-corrected chi connectivity index (χ3v) is 3.21. The maximum atomic E-state index is 12.0. The van der Waals surface area contributed by atoms with Crippen LogP contribution in [0.4, 0.5) is 0 Å². The van der Waals surface area contributed by atoms with Gasteiger partial charge in [0, 0.05) is 6.07 Å². The number of rotatable bonds is 4. The summed E-state index contributed by atoms with van der Waals surface area (Å²) < 4.78 is 11.4. The molecule has 0 saturated carbocycles. The number of ether oxygens (including phenoxy) is 1. The molecule has 0 aliphatic carbocycles. The molecule has 0 bridgehead atoms. The van der Waals surface area contributed by atoms with E-state index in [0.29, 0.717) is 29.1 Å². The van der Waals surface area contributed by atoms with Crippen molar-refractivity contribution >= 4 is 23.4 Å². The smallest absolute Gasteiger partial charge is 0.193 e. The number of fused-ring (bicyclic) bond motifs is 1. The van der Waals surface area contributed by atoms with Gasteiger partial charge in [0.1, 0.15) is 12.4 Å². The highest BCUT2D eigenvalue weighted by molar-refractivity contribution is 5.85. The van der Waals surface area contributed by atoms with E-state index in [1.807, 2.05) is 30.3 Å². The van der Waals surface area contributed by atoms with Gasteiger partial charge in [-0.15, -0.1) is 12.4 Å². The van der Waals surface area contributed by atoms with Crippen LogP contribution >= 0.6 is 12.4 Å². The van der Waals surface area contributed by atoms with Gasteiger partial charge in [0.15, 0.2) is 16.8 Å². The Kier molecular flexibility index (Phi) is 5.20. The SMILES string of the molecule is Cl.NCc1cc(=O)c2cccc(OCc3ccccc3)c2o1. The molecule has 1 heterocycles. The summed E-state index contributed by atoms with van der Waals surface area (Å²) in [5.74, 6) is 0.993. The summed E-state index contributed by atoms with van der Waals surface area (Å²) in [6, 6.07) is 16.5. The van der Waals surface area contributed by atoms with Gasteiger partial charge >= 0.3 is 0 Å². The van der Waals surface area contributed by atoms with Gasteiger partial charge in [-0.2, -0.15) is 0 Å². The average Bonchev–Trinajstić information content (AvgIpc) is 2.54. The van der Waals surface area contributed by atoms with Crippen molar-refractivity contribution in [3.05, 3.63) is 76.1 Å². The fourth-order valence-electron chi connectivity index (χ4n) is 2.15. The Labute approximate surface area is 133 Å². The molecule has 0 atom stereocenters. The van der Waals surface area contributed by atoms with Crippen LogP contribution in [0.3, 0.4) is 0 Å². The lowest BCUT2D eigenvalue weighted by atomic mass is 10.2. The van der Waals surface area contributed by atoms with E-state index in [0.717, 1.165) is 5.56 Å². The van der Waals surface area contributed by atoms with Crippen LogP contribution < -0.4 is 15.9 Å². The van der Waals surface area contributed by atoms with Crippen LogP contribution in [0.5, 0.6) is 5.75 Å². The Morgan fingerprint density at radius 3 is 2.55 bits per heavy atom. The van der Waals surface area contributed by atoms with Gasteiger partial charge in [-0.3, -0.25) is 4.79 Å². The Hall–Kier alpha value is -2.30. The Morgan fingerprint density at radius 2 is 1.82 bits per heavy atom. The Morgan fingerprint density at radius 1 is 1.05 bits per heavy atom. The summed E-state index contributed by atoms with van der Waals surface area (Å²) in [7, 11) is 0. The zero-order valence-electron chi connectivity index (χ0n) is 11.8. The summed E-state index contributed by atoms with van der Waals surface area (Å²) >= 11 is 0. The minimum atomic E-state index is -0.109. The maximum Gasteiger partial charge on any atom is 0.193 e. The topological polar surface area (TPSA) is 65.5 Å². The van der Waals surface area contributed by atoms with Crippen LogP contribution in [0.1, 0.15) is 11.3 Å². The molecule has 0 unspecified atom stereocenters. The summed E-state index contributed by atoms with van der Waals surface area (Å²) in [6.45, 7) is 0.592. The van der Waals surface area contributed by atoms with E-state index >= 15 is 0 Å². The van der Waals surface area contributed by atoms with Gasteiger partial charge in [0.05, 0.1) is 11.9 Å². The van der Waals surface area contributed by atoms with Crippen LogP contribution in [0.15, 0.2) is 63.8 Å². The lowest BCUT2D eigenvalue weighted by Crippen LogP contribution is -2.06. The predicted octanol–water partition coefficient (Wildman–Crippen LogP) is 3.25.